The Labute approximate surface area is 87.1 Å². The van der Waals surface area contributed by atoms with Crippen molar-refractivity contribution in [2.75, 3.05) is 0 Å². The molecule has 0 N–H and O–H groups in total. The van der Waals surface area contributed by atoms with Crippen LogP contribution in [0, 0.1) is 0 Å². The van der Waals surface area contributed by atoms with Crippen molar-refractivity contribution in [2.24, 2.45) is 0 Å². The summed E-state index contributed by atoms with van der Waals surface area (Å²) >= 11 is 5.76. The number of benzene rings is 1. The summed E-state index contributed by atoms with van der Waals surface area (Å²) in [4.78, 5) is 11.0. The Morgan fingerprint density at radius 1 is 1.29 bits per heavy atom. The molecule has 1 unspecified atom stereocenters. The number of halogens is 1. The lowest BCUT2D eigenvalue weighted by Gasteiger charge is -2.18. The fourth-order valence-electron chi connectivity index (χ4n) is 1.40. The van der Waals surface area contributed by atoms with Crippen LogP contribution in [0.2, 0.25) is 5.02 Å². The van der Waals surface area contributed by atoms with Gasteiger partial charge in [-0.1, -0.05) is 29.8 Å². The standard InChI is InChI=1S/C11H9ClO2/c12-9-6-4-8(5-7-9)10-2-1-3-11(13)14-10/h1,3-7,10H,2H2. The Morgan fingerprint density at radius 3 is 2.64 bits per heavy atom. The molecule has 0 aromatic heterocycles. The second kappa shape index (κ2) is 3.84. The first-order valence-corrected chi connectivity index (χ1v) is 4.76. The van der Waals surface area contributed by atoms with Gasteiger partial charge in [0.05, 0.1) is 0 Å². The zero-order valence-corrected chi connectivity index (χ0v) is 8.20. The second-order valence-electron chi connectivity index (χ2n) is 3.12. The number of cyclic esters (lactones) is 1. The lowest BCUT2D eigenvalue weighted by Crippen LogP contribution is -2.12. The minimum Gasteiger partial charge on any atom is -0.454 e. The van der Waals surface area contributed by atoms with Gasteiger partial charge < -0.3 is 4.74 Å². The van der Waals surface area contributed by atoms with Gasteiger partial charge >= 0.3 is 5.97 Å². The van der Waals surface area contributed by atoms with Crippen molar-refractivity contribution in [2.45, 2.75) is 12.5 Å². The highest BCUT2D eigenvalue weighted by atomic mass is 35.5. The van der Waals surface area contributed by atoms with Crippen LogP contribution in [-0.2, 0) is 9.53 Å². The summed E-state index contributed by atoms with van der Waals surface area (Å²) in [7, 11) is 0. The van der Waals surface area contributed by atoms with E-state index in [9.17, 15) is 4.79 Å². The Morgan fingerprint density at radius 2 is 2.00 bits per heavy atom. The summed E-state index contributed by atoms with van der Waals surface area (Å²) in [6, 6.07) is 7.34. The van der Waals surface area contributed by atoms with Gasteiger partial charge in [-0.3, -0.25) is 0 Å². The molecule has 72 valence electrons. The summed E-state index contributed by atoms with van der Waals surface area (Å²) in [5, 5.41) is 0.687. The molecule has 1 atom stereocenters. The van der Waals surface area contributed by atoms with E-state index >= 15 is 0 Å². The number of ether oxygens (including phenoxy) is 1. The van der Waals surface area contributed by atoms with Crippen molar-refractivity contribution < 1.29 is 9.53 Å². The van der Waals surface area contributed by atoms with Gasteiger partial charge in [-0.15, -0.1) is 0 Å². The van der Waals surface area contributed by atoms with Gasteiger partial charge in [0.25, 0.3) is 0 Å². The molecule has 14 heavy (non-hydrogen) atoms. The smallest absolute Gasteiger partial charge is 0.331 e. The van der Waals surface area contributed by atoms with Crippen LogP contribution in [0.4, 0.5) is 0 Å². The Hall–Kier alpha value is -1.28. The average molecular weight is 209 g/mol. The van der Waals surface area contributed by atoms with Crippen molar-refractivity contribution in [3.63, 3.8) is 0 Å². The molecule has 0 amide bonds. The van der Waals surface area contributed by atoms with Crippen LogP contribution in [0.15, 0.2) is 36.4 Å². The maximum atomic E-state index is 11.0. The largest absolute Gasteiger partial charge is 0.454 e. The third-order valence-corrected chi connectivity index (χ3v) is 2.36. The van der Waals surface area contributed by atoms with E-state index in [2.05, 4.69) is 0 Å². The molecule has 3 heteroatoms. The highest BCUT2D eigenvalue weighted by Crippen LogP contribution is 2.25. The Balaban J connectivity index is 2.19. The van der Waals surface area contributed by atoms with E-state index in [1.165, 1.54) is 6.08 Å². The molecule has 0 spiro atoms. The van der Waals surface area contributed by atoms with Crippen LogP contribution in [0.25, 0.3) is 0 Å². The van der Waals surface area contributed by atoms with Crippen molar-refractivity contribution >= 4 is 17.6 Å². The second-order valence-corrected chi connectivity index (χ2v) is 3.55. The van der Waals surface area contributed by atoms with Crippen molar-refractivity contribution in [1.29, 1.82) is 0 Å². The summed E-state index contributed by atoms with van der Waals surface area (Å²) in [6.07, 6.45) is 3.84. The van der Waals surface area contributed by atoms with Crippen LogP contribution >= 0.6 is 11.6 Å². The molecular weight excluding hydrogens is 200 g/mol. The van der Waals surface area contributed by atoms with Crippen LogP contribution < -0.4 is 0 Å². The van der Waals surface area contributed by atoms with E-state index in [1.807, 2.05) is 18.2 Å². The van der Waals surface area contributed by atoms with Crippen LogP contribution in [0.1, 0.15) is 18.1 Å². The van der Waals surface area contributed by atoms with Crippen molar-refractivity contribution in [3.8, 4) is 0 Å². The van der Waals surface area contributed by atoms with E-state index in [0.29, 0.717) is 5.02 Å². The van der Waals surface area contributed by atoms with E-state index in [4.69, 9.17) is 16.3 Å². The molecule has 1 aliphatic rings. The predicted molar refractivity (Wildman–Crippen MR) is 54.0 cm³/mol. The molecule has 1 aromatic rings. The van der Waals surface area contributed by atoms with Gasteiger partial charge in [0.15, 0.2) is 0 Å². The monoisotopic (exact) mass is 208 g/mol. The molecule has 0 fully saturated rings. The average Bonchev–Trinajstić information content (AvgIpc) is 2.19. The molecule has 0 aliphatic carbocycles. The summed E-state index contributed by atoms with van der Waals surface area (Å²) in [5.74, 6) is -0.281. The maximum Gasteiger partial charge on any atom is 0.331 e. The highest BCUT2D eigenvalue weighted by Gasteiger charge is 2.17. The number of esters is 1. The van der Waals surface area contributed by atoms with Gasteiger partial charge in [0.2, 0.25) is 0 Å². The van der Waals surface area contributed by atoms with E-state index < -0.39 is 0 Å². The fourth-order valence-corrected chi connectivity index (χ4v) is 1.52. The highest BCUT2D eigenvalue weighted by molar-refractivity contribution is 6.30. The number of carbonyl (C=O) groups is 1. The third kappa shape index (κ3) is 1.96. The SMILES string of the molecule is O=C1C=CCC(c2ccc(Cl)cc2)O1. The molecule has 0 saturated carbocycles. The van der Waals surface area contributed by atoms with Crippen LogP contribution in [0.3, 0.4) is 0 Å². The maximum absolute atomic E-state index is 11.0. The molecule has 0 radical (unpaired) electrons. The van der Waals surface area contributed by atoms with Gasteiger partial charge in [-0.25, -0.2) is 4.79 Å². The molecule has 1 aliphatic heterocycles. The number of hydrogen-bond donors (Lipinski definition) is 0. The lowest BCUT2D eigenvalue weighted by molar-refractivity contribution is -0.144. The first-order valence-electron chi connectivity index (χ1n) is 4.38. The zero-order chi connectivity index (χ0) is 9.97. The summed E-state index contributed by atoms with van der Waals surface area (Å²) in [5.41, 5.74) is 0.979. The molecule has 0 saturated heterocycles. The molecule has 1 heterocycles. The number of rotatable bonds is 1. The Kier molecular flexibility index (Phi) is 2.55. The van der Waals surface area contributed by atoms with Crippen LogP contribution in [-0.4, -0.2) is 5.97 Å². The topological polar surface area (TPSA) is 26.3 Å². The quantitative estimate of drug-likeness (QED) is 0.664. The first kappa shape index (κ1) is 9.28. The molecule has 0 bridgehead atoms. The lowest BCUT2D eigenvalue weighted by atomic mass is 10.1. The minimum atomic E-state index is -0.281. The first-order chi connectivity index (χ1) is 6.75. The summed E-state index contributed by atoms with van der Waals surface area (Å²) in [6.45, 7) is 0. The van der Waals surface area contributed by atoms with E-state index in [-0.39, 0.29) is 12.1 Å². The van der Waals surface area contributed by atoms with E-state index in [1.54, 1.807) is 12.1 Å². The minimum absolute atomic E-state index is 0.162. The molecule has 2 nitrogen and oxygen atoms in total. The molecule has 1 aromatic carbocycles. The van der Waals surface area contributed by atoms with Gasteiger partial charge in [0.1, 0.15) is 6.10 Å². The third-order valence-electron chi connectivity index (χ3n) is 2.10. The predicted octanol–water partition coefficient (Wildman–Crippen LogP) is 2.88. The zero-order valence-electron chi connectivity index (χ0n) is 7.44. The normalized spacial score (nSPS) is 20.6. The van der Waals surface area contributed by atoms with Gasteiger partial charge in [0, 0.05) is 17.5 Å². The van der Waals surface area contributed by atoms with E-state index in [0.717, 1.165) is 12.0 Å². The molecular formula is C11H9ClO2. The fraction of sp³-hybridized carbons (Fsp3) is 0.182. The summed E-state index contributed by atoms with van der Waals surface area (Å²) < 4.78 is 5.14. The van der Waals surface area contributed by atoms with Crippen LogP contribution in [0.5, 0.6) is 0 Å². The Bertz CT molecular complexity index is 367. The number of hydrogen-bond acceptors (Lipinski definition) is 2. The molecule has 2 rings (SSSR count). The van der Waals surface area contributed by atoms with Gasteiger partial charge in [-0.05, 0) is 17.7 Å². The van der Waals surface area contributed by atoms with Crippen molar-refractivity contribution in [1.82, 2.24) is 0 Å². The van der Waals surface area contributed by atoms with Gasteiger partial charge in [-0.2, -0.15) is 0 Å². The van der Waals surface area contributed by atoms with Crippen molar-refractivity contribution in [3.05, 3.63) is 47.0 Å². The number of carbonyl (C=O) groups excluding carboxylic acids is 1.